The fourth-order valence-electron chi connectivity index (χ4n) is 4.49. The number of hydrogen-bond acceptors (Lipinski definition) is 5. The van der Waals surface area contributed by atoms with Gasteiger partial charge in [0.15, 0.2) is 0 Å². The molecule has 1 saturated heterocycles. The molecule has 2 aromatic rings. The Morgan fingerprint density at radius 1 is 1.06 bits per heavy atom. The second-order valence-electron chi connectivity index (χ2n) is 8.16. The predicted octanol–water partition coefficient (Wildman–Crippen LogP) is 3.50. The number of fused-ring (bicyclic) bond motifs is 1. The summed E-state index contributed by atoms with van der Waals surface area (Å²) in [5.74, 6) is -0.619. The van der Waals surface area contributed by atoms with Crippen LogP contribution >= 0.6 is 11.6 Å². The molecule has 2 aromatic carbocycles. The van der Waals surface area contributed by atoms with E-state index >= 15 is 0 Å². The Bertz CT molecular complexity index is 1130. The molecular formula is C23H25ClN2O5S. The quantitative estimate of drug-likeness (QED) is 0.617. The molecule has 2 amide bonds. The number of nitrogens with zero attached hydrogens (tertiary/aromatic N) is 1. The maximum atomic E-state index is 13.0. The Hall–Kier alpha value is -2.42. The van der Waals surface area contributed by atoms with E-state index in [4.69, 9.17) is 16.3 Å². The highest BCUT2D eigenvalue weighted by atomic mass is 35.5. The molecule has 2 fully saturated rings. The molecule has 9 heteroatoms. The highest BCUT2D eigenvalue weighted by Gasteiger charge is 2.47. The summed E-state index contributed by atoms with van der Waals surface area (Å²) >= 11 is 6.13. The van der Waals surface area contributed by atoms with Crippen LogP contribution in [0, 0.1) is 11.8 Å². The van der Waals surface area contributed by atoms with Crippen molar-refractivity contribution in [3.63, 3.8) is 0 Å². The third kappa shape index (κ3) is 4.40. The first kappa shape index (κ1) is 22.8. The molecule has 1 saturated carbocycles. The molecule has 1 aliphatic carbocycles. The minimum atomic E-state index is -3.94. The number of likely N-dealkylation sites (tertiary alicyclic amines) is 1. The number of carbonyl (C=O) groups is 2. The molecule has 1 N–H and O–H groups in total. The van der Waals surface area contributed by atoms with Crippen molar-refractivity contribution in [1.29, 1.82) is 0 Å². The zero-order valence-corrected chi connectivity index (χ0v) is 19.3. The molecular weight excluding hydrogens is 452 g/mol. The van der Waals surface area contributed by atoms with Crippen LogP contribution in [-0.4, -0.2) is 32.2 Å². The standard InChI is InChI=1S/C23H25ClN2O5S/c1-31-20-11-10-15(14-26-22(27)17-7-3-4-8-18(17)23(26)28)12-21(20)32(29,30)25-13-16-6-2-5-9-19(16)24/h2,5-6,9-12,17-18,25H,3-4,7-8,13-14H2,1H3. The molecule has 0 radical (unpaired) electrons. The smallest absolute Gasteiger partial charge is 0.244 e. The van der Waals surface area contributed by atoms with Gasteiger partial charge in [-0.15, -0.1) is 0 Å². The van der Waals surface area contributed by atoms with Gasteiger partial charge in [-0.05, 0) is 42.2 Å². The lowest BCUT2D eigenvalue weighted by Gasteiger charge is -2.19. The van der Waals surface area contributed by atoms with Crippen LogP contribution in [-0.2, 0) is 32.7 Å². The van der Waals surface area contributed by atoms with Gasteiger partial charge in [0.25, 0.3) is 0 Å². The molecule has 1 aliphatic heterocycles. The van der Waals surface area contributed by atoms with Gasteiger partial charge in [0.05, 0.1) is 25.5 Å². The molecule has 170 valence electrons. The van der Waals surface area contributed by atoms with Crippen molar-refractivity contribution < 1.29 is 22.7 Å². The van der Waals surface area contributed by atoms with E-state index in [1.165, 1.54) is 24.1 Å². The van der Waals surface area contributed by atoms with E-state index in [0.29, 0.717) is 16.1 Å². The maximum absolute atomic E-state index is 13.0. The molecule has 0 bridgehead atoms. The lowest BCUT2D eigenvalue weighted by molar-refractivity contribution is -0.140. The third-order valence-corrected chi connectivity index (χ3v) is 7.99. The molecule has 7 nitrogen and oxygen atoms in total. The molecule has 0 spiro atoms. The number of carbonyl (C=O) groups excluding carboxylic acids is 2. The molecule has 2 atom stereocenters. The van der Waals surface area contributed by atoms with Gasteiger partial charge in [0.1, 0.15) is 10.6 Å². The van der Waals surface area contributed by atoms with Gasteiger partial charge in [0.2, 0.25) is 21.8 Å². The topological polar surface area (TPSA) is 92.8 Å². The summed E-state index contributed by atoms with van der Waals surface area (Å²) in [7, 11) is -2.55. The van der Waals surface area contributed by atoms with Gasteiger partial charge in [-0.3, -0.25) is 14.5 Å². The van der Waals surface area contributed by atoms with Crippen LogP contribution in [0.3, 0.4) is 0 Å². The zero-order valence-electron chi connectivity index (χ0n) is 17.7. The number of nitrogens with one attached hydrogen (secondary N) is 1. The zero-order chi connectivity index (χ0) is 22.9. The maximum Gasteiger partial charge on any atom is 0.244 e. The van der Waals surface area contributed by atoms with Crippen molar-refractivity contribution in [3.8, 4) is 5.75 Å². The Morgan fingerprint density at radius 3 is 2.34 bits per heavy atom. The highest BCUT2D eigenvalue weighted by molar-refractivity contribution is 7.89. The summed E-state index contributed by atoms with van der Waals surface area (Å²) in [6.45, 7) is 0.0591. The normalized spacial score (nSPS) is 21.0. The average molecular weight is 477 g/mol. The van der Waals surface area contributed by atoms with Crippen LogP contribution in [0.4, 0.5) is 0 Å². The van der Waals surface area contributed by atoms with Crippen molar-refractivity contribution >= 4 is 33.4 Å². The summed E-state index contributed by atoms with van der Waals surface area (Å²) in [5.41, 5.74) is 1.19. The number of halogens is 1. The Labute approximate surface area is 192 Å². The fourth-order valence-corrected chi connectivity index (χ4v) is 5.92. The Morgan fingerprint density at radius 2 is 1.72 bits per heavy atom. The lowest BCUT2D eigenvalue weighted by atomic mass is 9.81. The molecule has 4 rings (SSSR count). The van der Waals surface area contributed by atoms with Crippen molar-refractivity contribution in [2.75, 3.05) is 7.11 Å². The second-order valence-corrected chi connectivity index (χ2v) is 10.3. The summed E-state index contributed by atoms with van der Waals surface area (Å²) < 4.78 is 33.9. The van der Waals surface area contributed by atoms with Crippen LogP contribution in [0.15, 0.2) is 47.4 Å². The molecule has 2 unspecified atom stereocenters. The number of benzene rings is 2. The summed E-state index contributed by atoms with van der Waals surface area (Å²) in [5, 5.41) is 0.462. The van der Waals surface area contributed by atoms with Crippen molar-refractivity contribution in [2.45, 2.75) is 43.7 Å². The largest absolute Gasteiger partial charge is 0.495 e. The van der Waals surface area contributed by atoms with E-state index in [0.717, 1.165) is 25.7 Å². The third-order valence-electron chi connectivity index (χ3n) is 6.20. The number of methoxy groups -OCH3 is 1. The van der Waals surface area contributed by atoms with Gasteiger partial charge in [-0.2, -0.15) is 0 Å². The van der Waals surface area contributed by atoms with Crippen LogP contribution < -0.4 is 9.46 Å². The molecule has 1 heterocycles. The Kier molecular flexibility index (Phi) is 6.55. The van der Waals surface area contributed by atoms with E-state index in [9.17, 15) is 18.0 Å². The van der Waals surface area contributed by atoms with Crippen molar-refractivity contribution in [2.24, 2.45) is 11.8 Å². The minimum Gasteiger partial charge on any atom is -0.495 e. The molecule has 32 heavy (non-hydrogen) atoms. The molecule has 2 aliphatic rings. The fraction of sp³-hybridized carbons (Fsp3) is 0.391. The number of rotatable bonds is 7. The van der Waals surface area contributed by atoms with Gasteiger partial charge < -0.3 is 4.74 Å². The molecule has 0 aromatic heterocycles. The second kappa shape index (κ2) is 9.21. The van der Waals surface area contributed by atoms with Crippen LogP contribution in [0.2, 0.25) is 5.02 Å². The van der Waals surface area contributed by atoms with Gasteiger partial charge in [0, 0.05) is 11.6 Å². The summed E-state index contributed by atoms with van der Waals surface area (Å²) in [6.07, 6.45) is 3.38. The van der Waals surface area contributed by atoms with Gasteiger partial charge >= 0.3 is 0 Å². The monoisotopic (exact) mass is 476 g/mol. The first-order valence-corrected chi connectivity index (χ1v) is 12.4. The first-order valence-electron chi connectivity index (χ1n) is 10.6. The number of amides is 2. The van der Waals surface area contributed by atoms with E-state index in [2.05, 4.69) is 4.72 Å². The first-order chi connectivity index (χ1) is 15.3. The van der Waals surface area contributed by atoms with E-state index in [1.54, 1.807) is 30.3 Å². The predicted molar refractivity (Wildman–Crippen MR) is 119 cm³/mol. The van der Waals surface area contributed by atoms with E-state index in [-0.39, 0.29) is 47.4 Å². The summed E-state index contributed by atoms with van der Waals surface area (Å²) in [6, 6.07) is 11.6. The highest BCUT2D eigenvalue weighted by Crippen LogP contribution is 2.39. The van der Waals surface area contributed by atoms with Crippen LogP contribution in [0.25, 0.3) is 0 Å². The van der Waals surface area contributed by atoms with Gasteiger partial charge in [-0.25, -0.2) is 13.1 Å². The number of sulfonamides is 1. The Balaban J connectivity index is 1.56. The number of hydrogen-bond donors (Lipinski definition) is 1. The van der Waals surface area contributed by atoms with Crippen molar-refractivity contribution in [3.05, 3.63) is 58.6 Å². The lowest BCUT2D eigenvalue weighted by Crippen LogP contribution is -2.30. The van der Waals surface area contributed by atoms with Gasteiger partial charge in [-0.1, -0.05) is 48.7 Å². The van der Waals surface area contributed by atoms with E-state index in [1.807, 2.05) is 0 Å². The minimum absolute atomic E-state index is 0.0157. The summed E-state index contributed by atoms with van der Waals surface area (Å²) in [4.78, 5) is 26.8. The van der Waals surface area contributed by atoms with Crippen LogP contribution in [0.5, 0.6) is 5.75 Å². The number of ether oxygens (including phenoxy) is 1. The SMILES string of the molecule is COc1ccc(CN2C(=O)C3CCCCC3C2=O)cc1S(=O)(=O)NCc1ccccc1Cl. The number of imide groups is 1. The van der Waals surface area contributed by atoms with Crippen molar-refractivity contribution in [1.82, 2.24) is 9.62 Å². The van der Waals surface area contributed by atoms with Crippen LogP contribution in [0.1, 0.15) is 36.8 Å². The van der Waals surface area contributed by atoms with E-state index < -0.39 is 10.0 Å². The average Bonchev–Trinajstić information content (AvgIpc) is 3.03.